The largest absolute Gasteiger partial charge is 0.452 e. The lowest BCUT2D eigenvalue weighted by atomic mass is 9.86. The average Bonchev–Trinajstić information content (AvgIpc) is 3.02. The first-order valence-corrected chi connectivity index (χ1v) is 10.3. The lowest BCUT2D eigenvalue weighted by Gasteiger charge is -2.18. The lowest BCUT2D eigenvalue weighted by molar-refractivity contribution is 0.0734. The topological polar surface area (TPSA) is 52.6 Å². The molecule has 31 heavy (non-hydrogen) atoms. The molecule has 0 aliphatic carbocycles. The molecule has 0 fully saturated rings. The SMILES string of the molecule is CC(C)(C)c1ccc(C=C2Oc3cc(OC(=O)c4ccccc4Cl)ccc3C2=O)cc1. The van der Waals surface area contributed by atoms with E-state index in [0.29, 0.717) is 16.3 Å². The van der Waals surface area contributed by atoms with Crippen molar-refractivity contribution in [2.75, 3.05) is 0 Å². The second-order valence-corrected chi connectivity index (χ2v) is 8.75. The van der Waals surface area contributed by atoms with E-state index in [2.05, 4.69) is 20.8 Å². The molecule has 3 aromatic rings. The predicted molar refractivity (Wildman–Crippen MR) is 121 cm³/mol. The summed E-state index contributed by atoms with van der Waals surface area (Å²) in [6.07, 6.45) is 1.71. The van der Waals surface area contributed by atoms with Crippen LogP contribution in [0.15, 0.2) is 72.5 Å². The number of fused-ring (bicyclic) bond motifs is 1. The molecule has 4 nitrogen and oxygen atoms in total. The van der Waals surface area contributed by atoms with Crippen molar-refractivity contribution in [3.8, 4) is 11.5 Å². The second kappa shape index (κ2) is 8.05. The Morgan fingerprint density at radius 2 is 1.71 bits per heavy atom. The Hall–Kier alpha value is -3.37. The molecule has 3 aromatic carbocycles. The third-order valence-corrected chi connectivity index (χ3v) is 5.35. The van der Waals surface area contributed by atoms with E-state index < -0.39 is 5.97 Å². The molecule has 156 valence electrons. The van der Waals surface area contributed by atoms with E-state index in [0.717, 1.165) is 5.56 Å². The van der Waals surface area contributed by atoms with E-state index in [1.54, 1.807) is 42.5 Å². The molecule has 0 aromatic heterocycles. The Balaban J connectivity index is 1.53. The van der Waals surface area contributed by atoms with Crippen molar-refractivity contribution in [3.05, 3.63) is 99.8 Å². The minimum absolute atomic E-state index is 0.0550. The fourth-order valence-corrected chi connectivity index (χ4v) is 3.46. The van der Waals surface area contributed by atoms with Crippen LogP contribution in [0.5, 0.6) is 11.5 Å². The molecule has 0 bridgehead atoms. The van der Waals surface area contributed by atoms with Crippen molar-refractivity contribution in [3.63, 3.8) is 0 Å². The van der Waals surface area contributed by atoms with Crippen LogP contribution in [0.1, 0.15) is 52.6 Å². The Morgan fingerprint density at radius 3 is 2.39 bits per heavy atom. The van der Waals surface area contributed by atoms with Gasteiger partial charge in [0.15, 0.2) is 5.76 Å². The number of ketones is 1. The number of carbonyl (C=O) groups excluding carboxylic acids is 2. The van der Waals surface area contributed by atoms with Crippen LogP contribution in [0, 0.1) is 0 Å². The molecule has 5 heteroatoms. The summed E-state index contributed by atoms with van der Waals surface area (Å²) in [5.41, 5.74) is 2.83. The first kappa shape index (κ1) is 20.9. The molecule has 0 amide bonds. The maximum Gasteiger partial charge on any atom is 0.345 e. The zero-order valence-electron chi connectivity index (χ0n) is 17.4. The van der Waals surface area contributed by atoms with Gasteiger partial charge in [-0.25, -0.2) is 4.79 Å². The lowest BCUT2D eigenvalue weighted by Crippen LogP contribution is -2.10. The van der Waals surface area contributed by atoms with Crippen LogP contribution in [0.3, 0.4) is 0 Å². The van der Waals surface area contributed by atoms with Crippen molar-refractivity contribution in [1.29, 1.82) is 0 Å². The summed E-state index contributed by atoms with van der Waals surface area (Å²) in [5, 5.41) is 0.308. The zero-order chi connectivity index (χ0) is 22.2. The fourth-order valence-electron chi connectivity index (χ4n) is 3.25. The van der Waals surface area contributed by atoms with Gasteiger partial charge in [-0.3, -0.25) is 4.79 Å². The Kier molecular flexibility index (Phi) is 5.42. The Morgan fingerprint density at radius 1 is 1.00 bits per heavy atom. The molecule has 0 radical (unpaired) electrons. The summed E-state index contributed by atoms with van der Waals surface area (Å²) >= 11 is 6.05. The number of ether oxygens (including phenoxy) is 2. The number of hydrogen-bond donors (Lipinski definition) is 0. The van der Waals surface area contributed by atoms with Crippen LogP contribution in [-0.4, -0.2) is 11.8 Å². The maximum atomic E-state index is 12.7. The number of halogens is 1. The average molecular weight is 433 g/mol. The van der Waals surface area contributed by atoms with Crippen molar-refractivity contribution < 1.29 is 19.1 Å². The van der Waals surface area contributed by atoms with Gasteiger partial charge in [0.2, 0.25) is 5.78 Å². The van der Waals surface area contributed by atoms with Crippen molar-refractivity contribution in [1.82, 2.24) is 0 Å². The van der Waals surface area contributed by atoms with Gasteiger partial charge >= 0.3 is 5.97 Å². The highest BCUT2D eigenvalue weighted by Crippen LogP contribution is 2.35. The minimum Gasteiger partial charge on any atom is -0.452 e. The molecule has 0 unspecified atom stereocenters. The summed E-state index contributed by atoms with van der Waals surface area (Å²) in [4.78, 5) is 25.1. The van der Waals surface area contributed by atoms with E-state index in [9.17, 15) is 9.59 Å². The van der Waals surface area contributed by atoms with E-state index >= 15 is 0 Å². The van der Waals surface area contributed by atoms with Crippen molar-refractivity contribution in [2.24, 2.45) is 0 Å². The van der Waals surface area contributed by atoms with Gasteiger partial charge in [-0.1, -0.05) is 68.8 Å². The summed E-state index contributed by atoms with van der Waals surface area (Å²) in [6, 6.07) is 19.4. The van der Waals surface area contributed by atoms with Crippen LogP contribution in [0.25, 0.3) is 6.08 Å². The molecular formula is C26H21ClO4. The summed E-state index contributed by atoms with van der Waals surface area (Å²) in [6.45, 7) is 6.45. The number of Topliss-reactive ketones (excluding diaryl/α,β-unsaturated/α-hetero) is 1. The molecule has 4 rings (SSSR count). The molecule has 1 aliphatic heterocycles. The van der Waals surface area contributed by atoms with Gasteiger partial charge in [-0.05, 0) is 46.9 Å². The van der Waals surface area contributed by atoms with E-state index in [1.165, 1.54) is 11.6 Å². The zero-order valence-corrected chi connectivity index (χ0v) is 18.2. The van der Waals surface area contributed by atoms with E-state index in [1.807, 2.05) is 24.3 Å². The summed E-state index contributed by atoms with van der Waals surface area (Å²) in [7, 11) is 0. The highest BCUT2D eigenvalue weighted by Gasteiger charge is 2.28. The third kappa shape index (κ3) is 4.39. The monoisotopic (exact) mass is 432 g/mol. The molecule has 0 N–H and O–H groups in total. The van der Waals surface area contributed by atoms with Gasteiger partial charge in [0.05, 0.1) is 16.1 Å². The fraction of sp³-hybridized carbons (Fsp3) is 0.154. The van der Waals surface area contributed by atoms with E-state index in [4.69, 9.17) is 21.1 Å². The van der Waals surface area contributed by atoms with Crippen LogP contribution < -0.4 is 9.47 Å². The Bertz CT molecular complexity index is 1200. The highest BCUT2D eigenvalue weighted by atomic mass is 35.5. The van der Waals surface area contributed by atoms with Crippen LogP contribution in [0.4, 0.5) is 0 Å². The van der Waals surface area contributed by atoms with Gasteiger partial charge < -0.3 is 9.47 Å². The number of hydrogen-bond acceptors (Lipinski definition) is 4. The summed E-state index contributed by atoms with van der Waals surface area (Å²) < 4.78 is 11.2. The van der Waals surface area contributed by atoms with Gasteiger partial charge in [0, 0.05) is 6.07 Å². The van der Waals surface area contributed by atoms with Crippen LogP contribution in [-0.2, 0) is 5.41 Å². The molecule has 0 saturated carbocycles. The maximum absolute atomic E-state index is 12.7. The molecule has 1 aliphatic rings. The normalized spacial score (nSPS) is 14.3. The number of allylic oxidation sites excluding steroid dienone is 1. The first-order valence-electron chi connectivity index (χ1n) is 9.88. The predicted octanol–water partition coefficient (Wildman–Crippen LogP) is 6.47. The standard InChI is InChI=1S/C26H21ClO4/c1-26(2,3)17-10-8-16(9-11-17)14-23-24(28)20-13-12-18(15-22(20)31-23)30-25(29)19-6-4-5-7-21(19)27/h4-15H,1-3H3. The van der Waals surface area contributed by atoms with Gasteiger partial charge in [0.1, 0.15) is 11.5 Å². The van der Waals surface area contributed by atoms with Gasteiger partial charge in [0.25, 0.3) is 0 Å². The number of benzene rings is 3. The van der Waals surface area contributed by atoms with E-state index in [-0.39, 0.29) is 28.3 Å². The number of rotatable bonds is 3. The molecule has 1 heterocycles. The molecule has 0 saturated heterocycles. The van der Waals surface area contributed by atoms with Gasteiger partial charge in [-0.15, -0.1) is 0 Å². The Labute approximate surface area is 186 Å². The molecule has 0 atom stereocenters. The van der Waals surface area contributed by atoms with Crippen molar-refractivity contribution in [2.45, 2.75) is 26.2 Å². The van der Waals surface area contributed by atoms with Crippen LogP contribution >= 0.6 is 11.6 Å². The van der Waals surface area contributed by atoms with Crippen LogP contribution in [0.2, 0.25) is 5.02 Å². The summed E-state index contributed by atoms with van der Waals surface area (Å²) in [5.74, 6) is 0.0656. The number of esters is 1. The highest BCUT2D eigenvalue weighted by molar-refractivity contribution is 6.33. The van der Waals surface area contributed by atoms with Crippen molar-refractivity contribution >= 4 is 29.4 Å². The third-order valence-electron chi connectivity index (χ3n) is 5.02. The second-order valence-electron chi connectivity index (χ2n) is 8.34. The molecule has 0 spiro atoms. The quantitative estimate of drug-likeness (QED) is 0.270. The minimum atomic E-state index is -0.579. The first-order chi connectivity index (χ1) is 14.7. The van der Waals surface area contributed by atoms with Gasteiger partial charge in [-0.2, -0.15) is 0 Å². The number of carbonyl (C=O) groups is 2. The molecular weight excluding hydrogens is 412 g/mol. The smallest absolute Gasteiger partial charge is 0.345 e.